The minimum Gasteiger partial charge on any atom is -0.493 e. The normalized spacial score (nSPS) is 11.0. The second-order valence-corrected chi connectivity index (χ2v) is 9.27. The van der Waals surface area contributed by atoms with Gasteiger partial charge in [0.2, 0.25) is 5.75 Å². The van der Waals surface area contributed by atoms with Crippen LogP contribution >= 0.6 is 0 Å². The smallest absolute Gasteiger partial charge is 0.251 e. The molecule has 0 atom stereocenters. The van der Waals surface area contributed by atoms with Crippen molar-refractivity contribution < 1.29 is 23.7 Å². The average Bonchev–Trinajstić information content (AvgIpc) is 3.35. The molecule has 0 aliphatic heterocycles. The number of imidazole rings is 1. The molecule has 1 amide bonds. The summed E-state index contributed by atoms with van der Waals surface area (Å²) in [5, 5.41) is 5.27. The molecule has 40 heavy (non-hydrogen) atoms. The summed E-state index contributed by atoms with van der Waals surface area (Å²) in [6.45, 7) is 1.75. The highest BCUT2D eigenvalue weighted by Crippen LogP contribution is 2.38. The fourth-order valence-electron chi connectivity index (χ4n) is 4.89. The van der Waals surface area contributed by atoms with E-state index in [1.54, 1.807) is 12.1 Å². The Labute approximate surface area is 233 Å². The molecule has 0 bridgehead atoms. The van der Waals surface area contributed by atoms with Gasteiger partial charge in [-0.25, -0.2) is 4.98 Å². The van der Waals surface area contributed by atoms with Crippen LogP contribution in [-0.4, -0.2) is 49.9 Å². The van der Waals surface area contributed by atoms with Crippen molar-refractivity contribution in [3.05, 3.63) is 90.3 Å². The number of para-hydroxylation sites is 2. The Balaban J connectivity index is 1.24. The van der Waals surface area contributed by atoms with E-state index in [0.29, 0.717) is 42.4 Å². The molecule has 206 valence electrons. The van der Waals surface area contributed by atoms with Gasteiger partial charge in [-0.15, -0.1) is 0 Å². The number of rotatable bonds is 12. The van der Waals surface area contributed by atoms with Crippen molar-refractivity contribution in [1.29, 1.82) is 0 Å². The maximum absolute atomic E-state index is 13.0. The number of hydrogen-bond acceptors (Lipinski definition) is 6. The fraction of sp³-hybridized carbons (Fsp3) is 0.250. The van der Waals surface area contributed by atoms with Crippen molar-refractivity contribution in [2.75, 3.05) is 34.5 Å². The van der Waals surface area contributed by atoms with E-state index < -0.39 is 0 Å². The summed E-state index contributed by atoms with van der Waals surface area (Å²) < 4.78 is 24.5. The maximum Gasteiger partial charge on any atom is 0.251 e. The zero-order valence-corrected chi connectivity index (χ0v) is 23.0. The van der Waals surface area contributed by atoms with Gasteiger partial charge in [-0.1, -0.05) is 48.5 Å². The van der Waals surface area contributed by atoms with Gasteiger partial charge in [0.15, 0.2) is 11.5 Å². The summed E-state index contributed by atoms with van der Waals surface area (Å²) >= 11 is 0. The largest absolute Gasteiger partial charge is 0.493 e. The van der Waals surface area contributed by atoms with E-state index in [1.807, 2.05) is 42.5 Å². The Morgan fingerprint density at radius 2 is 1.57 bits per heavy atom. The van der Waals surface area contributed by atoms with Gasteiger partial charge in [-0.3, -0.25) is 4.79 Å². The third-order valence-electron chi connectivity index (χ3n) is 6.83. The van der Waals surface area contributed by atoms with E-state index in [4.69, 9.17) is 23.9 Å². The van der Waals surface area contributed by atoms with Crippen LogP contribution in [0.4, 0.5) is 0 Å². The summed E-state index contributed by atoms with van der Waals surface area (Å²) in [7, 11) is 4.58. The van der Waals surface area contributed by atoms with Gasteiger partial charge in [0.1, 0.15) is 11.6 Å². The number of carbonyl (C=O) groups is 1. The van der Waals surface area contributed by atoms with Gasteiger partial charge in [0, 0.05) is 30.5 Å². The topological polar surface area (TPSA) is 83.8 Å². The number of nitrogens with zero attached hydrogens (tertiary/aromatic N) is 2. The third kappa shape index (κ3) is 5.66. The zero-order valence-electron chi connectivity index (χ0n) is 23.0. The molecular formula is C32H33N3O5. The van der Waals surface area contributed by atoms with Gasteiger partial charge >= 0.3 is 0 Å². The van der Waals surface area contributed by atoms with Crippen LogP contribution in [0.5, 0.6) is 23.0 Å². The molecule has 0 radical (unpaired) electrons. The first-order valence-corrected chi connectivity index (χ1v) is 13.3. The highest BCUT2D eigenvalue weighted by molar-refractivity contribution is 5.95. The monoisotopic (exact) mass is 539 g/mol. The molecule has 1 heterocycles. The lowest BCUT2D eigenvalue weighted by atomic mass is 10.1. The first-order valence-electron chi connectivity index (χ1n) is 13.3. The fourth-order valence-corrected chi connectivity index (χ4v) is 4.89. The minimum atomic E-state index is -0.231. The Morgan fingerprint density at radius 1 is 0.850 bits per heavy atom. The van der Waals surface area contributed by atoms with Crippen LogP contribution in [0.3, 0.4) is 0 Å². The van der Waals surface area contributed by atoms with Crippen molar-refractivity contribution in [1.82, 2.24) is 14.9 Å². The summed E-state index contributed by atoms with van der Waals surface area (Å²) in [5.41, 5.74) is 2.43. The van der Waals surface area contributed by atoms with Crippen molar-refractivity contribution >= 4 is 27.7 Å². The van der Waals surface area contributed by atoms with Gasteiger partial charge in [0.05, 0.1) is 39.0 Å². The highest BCUT2D eigenvalue weighted by Gasteiger charge is 2.17. The van der Waals surface area contributed by atoms with Crippen LogP contribution in [0.2, 0.25) is 0 Å². The molecule has 0 aliphatic rings. The molecule has 8 heteroatoms. The van der Waals surface area contributed by atoms with Crippen molar-refractivity contribution in [3.63, 3.8) is 0 Å². The van der Waals surface area contributed by atoms with E-state index in [1.165, 1.54) is 21.3 Å². The molecule has 0 saturated carbocycles. The quantitative estimate of drug-likeness (QED) is 0.206. The molecule has 4 aromatic carbocycles. The molecular weight excluding hydrogens is 506 g/mol. The lowest BCUT2D eigenvalue weighted by Crippen LogP contribution is -2.26. The number of carbonyl (C=O) groups excluding carboxylic acids is 1. The Kier molecular flexibility index (Phi) is 8.35. The van der Waals surface area contributed by atoms with Crippen molar-refractivity contribution in [3.8, 4) is 23.0 Å². The van der Waals surface area contributed by atoms with Crippen LogP contribution in [0.15, 0.2) is 78.9 Å². The predicted octanol–water partition coefficient (Wildman–Crippen LogP) is 5.66. The molecule has 5 rings (SSSR count). The lowest BCUT2D eigenvalue weighted by molar-refractivity contribution is 0.0953. The number of ether oxygens (including phenoxy) is 4. The number of aromatic nitrogens is 2. The number of nitrogens with one attached hydrogen (secondary N) is 1. The van der Waals surface area contributed by atoms with Gasteiger partial charge in [-0.05, 0) is 42.1 Å². The summed E-state index contributed by atoms with van der Waals surface area (Å²) in [4.78, 5) is 17.8. The number of hydrogen-bond donors (Lipinski definition) is 1. The van der Waals surface area contributed by atoms with Gasteiger partial charge < -0.3 is 28.8 Å². The van der Waals surface area contributed by atoms with E-state index in [0.717, 1.165) is 46.3 Å². The van der Waals surface area contributed by atoms with Crippen LogP contribution in [0.25, 0.3) is 21.8 Å². The Morgan fingerprint density at radius 3 is 2.35 bits per heavy atom. The molecule has 5 aromatic rings. The molecule has 0 unspecified atom stereocenters. The maximum atomic E-state index is 13.0. The second kappa shape index (κ2) is 12.4. The first kappa shape index (κ1) is 26.9. The Bertz CT molecular complexity index is 1600. The Hall–Kier alpha value is -4.72. The predicted molar refractivity (Wildman–Crippen MR) is 156 cm³/mol. The highest BCUT2D eigenvalue weighted by atomic mass is 16.5. The van der Waals surface area contributed by atoms with E-state index in [-0.39, 0.29) is 5.91 Å². The van der Waals surface area contributed by atoms with Crippen molar-refractivity contribution in [2.45, 2.75) is 19.4 Å². The number of benzene rings is 4. The van der Waals surface area contributed by atoms with E-state index in [9.17, 15) is 4.79 Å². The van der Waals surface area contributed by atoms with E-state index in [2.05, 4.69) is 34.1 Å². The molecule has 1 N–H and O–H groups in total. The SMILES string of the molecule is COc1cc(C(=O)NCCc2nc3ccccc3n2CCCOc2cccc3ccccc23)cc(OC)c1OC. The summed E-state index contributed by atoms with van der Waals surface area (Å²) in [5.74, 6) is 2.88. The van der Waals surface area contributed by atoms with Crippen LogP contribution in [-0.2, 0) is 13.0 Å². The van der Waals surface area contributed by atoms with Gasteiger partial charge in [0.25, 0.3) is 5.91 Å². The minimum absolute atomic E-state index is 0.231. The lowest BCUT2D eigenvalue weighted by Gasteiger charge is -2.14. The number of fused-ring (bicyclic) bond motifs is 2. The molecule has 0 fully saturated rings. The van der Waals surface area contributed by atoms with Crippen LogP contribution < -0.4 is 24.3 Å². The zero-order chi connectivity index (χ0) is 27.9. The van der Waals surface area contributed by atoms with Gasteiger partial charge in [-0.2, -0.15) is 0 Å². The molecule has 0 aliphatic carbocycles. The van der Waals surface area contributed by atoms with Crippen molar-refractivity contribution in [2.24, 2.45) is 0 Å². The first-order chi connectivity index (χ1) is 19.6. The molecule has 1 aromatic heterocycles. The summed E-state index contributed by atoms with van der Waals surface area (Å²) in [6.07, 6.45) is 1.39. The molecule has 0 saturated heterocycles. The third-order valence-corrected chi connectivity index (χ3v) is 6.83. The van der Waals surface area contributed by atoms with Crippen LogP contribution in [0.1, 0.15) is 22.6 Å². The molecule has 0 spiro atoms. The van der Waals surface area contributed by atoms with E-state index >= 15 is 0 Å². The second-order valence-electron chi connectivity index (χ2n) is 9.27. The standard InChI is InChI=1S/C32H33N3O5/c1-37-28-20-23(21-29(38-2)31(28)39-3)32(36)33-17-16-30-34-25-13-6-7-14-26(25)35(30)18-9-19-40-27-15-8-11-22-10-4-5-12-24(22)27/h4-8,10-15,20-21H,9,16-19H2,1-3H3,(H,33,36). The number of methoxy groups -OCH3 is 3. The number of aryl methyl sites for hydroxylation is 1. The number of amides is 1. The average molecular weight is 540 g/mol. The molecule has 8 nitrogen and oxygen atoms in total. The summed E-state index contributed by atoms with van der Waals surface area (Å²) in [6, 6.07) is 25.7. The van der Waals surface area contributed by atoms with Crippen LogP contribution in [0, 0.1) is 0 Å².